The monoisotopic (exact) mass is 327 g/mol. The number of aryl methyl sites for hydroxylation is 2. The van der Waals surface area contributed by atoms with E-state index in [-0.39, 0.29) is 6.04 Å². The fourth-order valence-electron chi connectivity index (χ4n) is 1.89. The highest BCUT2D eigenvalue weighted by Gasteiger charge is 2.18. The molecule has 5 heteroatoms. The third-order valence-electron chi connectivity index (χ3n) is 2.98. The molecule has 18 heavy (non-hydrogen) atoms. The second kappa shape index (κ2) is 5.43. The minimum atomic E-state index is -0.236. The van der Waals surface area contributed by atoms with Crippen LogP contribution in [-0.2, 0) is 6.54 Å². The Kier molecular flexibility index (Phi) is 4.10. The van der Waals surface area contributed by atoms with Crippen LogP contribution in [0.4, 0.5) is 0 Å². The highest BCUT2D eigenvalue weighted by atomic mass is 79.9. The van der Waals surface area contributed by atoms with Gasteiger partial charge in [-0.1, -0.05) is 23.7 Å². The first kappa shape index (κ1) is 13.6. The van der Waals surface area contributed by atoms with Gasteiger partial charge >= 0.3 is 0 Å². The fraction of sp³-hybridized carbons (Fsp3) is 0.308. The van der Waals surface area contributed by atoms with Gasteiger partial charge in [-0.15, -0.1) is 0 Å². The van der Waals surface area contributed by atoms with Crippen LogP contribution in [0.5, 0.6) is 0 Å². The van der Waals surface area contributed by atoms with Gasteiger partial charge in [0.25, 0.3) is 0 Å². The van der Waals surface area contributed by atoms with Gasteiger partial charge in [0.1, 0.15) is 0 Å². The van der Waals surface area contributed by atoms with Crippen molar-refractivity contribution in [3.63, 3.8) is 0 Å². The lowest BCUT2D eigenvalue weighted by atomic mass is 10.0. The van der Waals surface area contributed by atoms with Gasteiger partial charge in [-0.2, -0.15) is 5.10 Å². The summed E-state index contributed by atoms with van der Waals surface area (Å²) in [5, 5.41) is 5.02. The molecule has 1 unspecified atom stereocenters. The van der Waals surface area contributed by atoms with E-state index in [1.54, 1.807) is 6.20 Å². The molecule has 1 aromatic carbocycles. The molecule has 2 rings (SSSR count). The van der Waals surface area contributed by atoms with E-state index >= 15 is 0 Å². The minimum Gasteiger partial charge on any atom is -0.319 e. The van der Waals surface area contributed by atoms with E-state index in [9.17, 15) is 0 Å². The molecular formula is C13H15BrClN3. The van der Waals surface area contributed by atoms with Crippen LogP contribution in [-0.4, -0.2) is 9.78 Å². The average molecular weight is 329 g/mol. The Labute approximate surface area is 120 Å². The Morgan fingerprint density at radius 1 is 1.50 bits per heavy atom. The SMILES string of the molecule is CCn1ncc(Br)c1C(N)c1ccc(C)c(Cl)c1. The summed E-state index contributed by atoms with van der Waals surface area (Å²) >= 11 is 9.64. The smallest absolute Gasteiger partial charge is 0.0738 e. The summed E-state index contributed by atoms with van der Waals surface area (Å²) in [5.41, 5.74) is 9.32. The van der Waals surface area contributed by atoms with Crippen LogP contribution in [0.1, 0.15) is 29.8 Å². The number of halogens is 2. The van der Waals surface area contributed by atoms with E-state index in [1.807, 2.05) is 36.7 Å². The van der Waals surface area contributed by atoms with Crippen molar-refractivity contribution in [2.75, 3.05) is 0 Å². The first-order chi connectivity index (χ1) is 8.54. The van der Waals surface area contributed by atoms with Gasteiger partial charge in [0.2, 0.25) is 0 Å². The van der Waals surface area contributed by atoms with Gasteiger partial charge in [0, 0.05) is 11.6 Å². The Balaban J connectivity index is 2.44. The fourth-order valence-corrected chi connectivity index (χ4v) is 2.63. The van der Waals surface area contributed by atoms with E-state index in [4.69, 9.17) is 17.3 Å². The second-order valence-corrected chi connectivity index (χ2v) is 5.44. The number of aromatic nitrogens is 2. The summed E-state index contributed by atoms with van der Waals surface area (Å²) in [6.07, 6.45) is 1.77. The van der Waals surface area contributed by atoms with Gasteiger partial charge in [-0.3, -0.25) is 4.68 Å². The van der Waals surface area contributed by atoms with Crippen LogP contribution in [0.15, 0.2) is 28.9 Å². The normalized spacial score (nSPS) is 12.7. The van der Waals surface area contributed by atoms with E-state index in [2.05, 4.69) is 21.0 Å². The average Bonchev–Trinajstić information content (AvgIpc) is 2.73. The number of hydrogen-bond donors (Lipinski definition) is 1. The summed E-state index contributed by atoms with van der Waals surface area (Å²) in [6.45, 7) is 4.80. The summed E-state index contributed by atoms with van der Waals surface area (Å²) in [6, 6.07) is 5.67. The molecule has 1 atom stereocenters. The molecule has 0 aliphatic rings. The van der Waals surface area contributed by atoms with Gasteiger partial charge in [-0.05, 0) is 47.0 Å². The van der Waals surface area contributed by atoms with Crippen LogP contribution >= 0.6 is 27.5 Å². The zero-order valence-electron chi connectivity index (χ0n) is 10.3. The molecule has 2 aromatic rings. The van der Waals surface area contributed by atoms with Crippen molar-refractivity contribution < 1.29 is 0 Å². The maximum absolute atomic E-state index is 6.31. The Bertz CT molecular complexity index is 565. The molecule has 0 aliphatic heterocycles. The lowest BCUT2D eigenvalue weighted by Gasteiger charge is -2.15. The molecule has 96 valence electrons. The van der Waals surface area contributed by atoms with Crippen LogP contribution in [0.3, 0.4) is 0 Å². The number of nitrogens with two attached hydrogens (primary N) is 1. The summed E-state index contributed by atoms with van der Waals surface area (Å²) in [5.74, 6) is 0. The molecule has 3 nitrogen and oxygen atoms in total. The first-order valence-corrected chi connectivity index (χ1v) is 6.94. The number of hydrogen-bond acceptors (Lipinski definition) is 2. The van der Waals surface area contributed by atoms with Crippen molar-refractivity contribution >= 4 is 27.5 Å². The zero-order chi connectivity index (χ0) is 13.3. The number of benzene rings is 1. The molecule has 0 aliphatic carbocycles. The lowest BCUT2D eigenvalue weighted by molar-refractivity contribution is 0.599. The van der Waals surface area contributed by atoms with E-state index in [0.717, 1.165) is 32.9 Å². The van der Waals surface area contributed by atoms with Crippen molar-refractivity contribution in [3.05, 3.63) is 50.7 Å². The molecule has 0 radical (unpaired) electrons. The largest absolute Gasteiger partial charge is 0.319 e. The van der Waals surface area contributed by atoms with Crippen LogP contribution in [0.25, 0.3) is 0 Å². The summed E-state index contributed by atoms with van der Waals surface area (Å²) in [7, 11) is 0. The van der Waals surface area contributed by atoms with Crippen molar-refractivity contribution in [2.24, 2.45) is 5.73 Å². The van der Waals surface area contributed by atoms with Gasteiger partial charge < -0.3 is 5.73 Å². The van der Waals surface area contributed by atoms with Crippen molar-refractivity contribution in [3.8, 4) is 0 Å². The molecule has 1 heterocycles. The third-order valence-corrected chi connectivity index (χ3v) is 4.00. The Morgan fingerprint density at radius 2 is 2.22 bits per heavy atom. The number of nitrogens with zero attached hydrogens (tertiary/aromatic N) is 2. The quantitative estimate of drug-likeness (QED) is 0.934. The topological polar surface area (TPSA) is 43.8 Å². The Hall–Kier alpha value is -0.840. The third kappa shape index (κ3) is 2.46. The predicted octanol–water partition coefficient (Wildman–Crippen LogP) is 3.68. The van der Waals surface area contributed by atoms with E-state index in [0.29, 0.717) is 0 Å². The van der Waals surface area contributed by atoms with Crippen molar-refractivity contribution in [1.82, 2.24) is 9.78 Å². The molecule has 0 spiro atoms. The van der Waals surface area contributed by atoms with E-state index in [1.165, 1.54) is 0 Å². The van der Waals surface area contributed by atoms with Crippen molar-refractivity contribution in [2.45, 2.75) is 26.4 Å². The summed E-state index contributed by atoms with van der Waals surface area (Å²) in [4.78, 5) is 0. The second-order valence-electron chi connectivity index (χ2n) is 4.18. The van der Waals surface area contributed by atoms with Gasteiger partial charge in [-0.25, -0.2) is 0 Å². The number of rotatable bonds is 3. The Morgan fingerprint density at radius 3 is 2.83 bits per heavy atom. The maximum atomic E-state index is 6.31. The van der Waals surface area contributed by atoms with Crippen molar-refractivity contribution in [1.29, 1.82) is 0 Å². The molecule has 1 aromatic heterocycles. The molecule has 2 N–H and O–H groups in total. The van der Waals surface area contributed by atoms with E-state index < -0.39 is 0 Å². The lowest BCUT2D eigenvalue weighted by Crippen LogP contribution is -2.17. The zero-order valence-corrected chi connectivity index (χ0v) is 12.7. The molecule has 0 saturated heterocycles. The van der Waals surface area contributed by atoms with Gasteiger partial charge in [0.05, 0.1) is 22.4 Å². The van der Waals surface area contributed by atoms with Gasteiger partial charge in [0.15, 0.2) is 0 Å². The van der Waals surface area contributed by atoms with Crippen LogP contribution in [0, 0.1) is 6.92 Å². The predicted molar refractivity (Wildman–Crippen MR) is 77.8 cm³/mol. The highest BCUT2D eigenvalue weighted by Crippen LogP contribution is 2.29. The standard InChI is InChI=1S/C13H15BrClN3/c1-3-18-13(10(14)7-17-18)12(16)9-5-4-8(2)11(15)6-9/h4-7,12H,3,16H2,1-2H3. The highest BCUT2D eigenvalue weighted by molar-refractivity contribution is 9.10. The minimum absolute atomic E-state index is 0.236. The molecule has 0 amide bonds. The summed E-state index contributed by atoms with van der Waals surface area (Å²) < 4.78 is 2.82. The molecule has 0 saturated carbocycles. The molecule has 0 bridgehead atoms. The van der Waals surface area contributed by atoms with Crippen LogP contribution in [0.2, 0.25) is 5.02 Å². The first-order valence-electron chi connectivity index (χ1n) is 5.77. The maximum Gasteiger partial charge on any atom is 0.0738 e. The molecular weight excluding hydrogens is 314 g/mol. The molecule has 0 fully saturated rings. The van der Waals surface area contributed by atoms with Crippen LogP contribution < -0.4 is 5.73 Å².